The van der Waals surface area contributed by atoms with Crippen molar-refractivity contribution in [3.63, 3.8) is 0 Å². The fourth-order valence-corrected chi connectivity index (χ4v) is 3.97. The molecule has 0 spiro atoms. The van der Waals surface area contributed by atoms with E-state index in [0.717, 1.165) is 30.7 Å². The van der Waals surface area contributed by atoms with Gasteiger partial charge in [0.25, 0.3) is 11.8 Å². The molecule has 0 atom stereocenters. The number of unbranched alkanes of at least 4 members (excludes halogenated alkanes) is 8. The van der Waals surface area contributed by atoms with Crippen molar-refractivity contribution in [3.05, 3.63) is 53.6 Å². The fraction of sp³-hybridized carbons (Fsp3) is 0.533. The third kappa shape index (κ3) is 10.3. The number of anilines is 2. The molecule has 0 saturated heterocycles. The van der Waals surface area contributed by atoms with Crippen LogP contribution in [0.1, 0.15) is 98.8 Å². The van der Waals surface area contributed by atoms with E-state index in [2.05, 4.69) is 24.5 Å². The number of carbonyl (C=O) groups is 2. The maximum absolute atomic E-state index is 12.9. The highest BCUT2D eigenvalue weighted by molar-refractivity contribution is 6.07. The van der Waals surface area contributed by atoms with Crippen LogP contribution in [0.15, 0.2) is 42.5 Å². The Morgan fingerprint density at radius 2 is 1.36 bits per heavy atom. The Hall–Kier alpha value is -3.02. The lowest BCUT2D eigenvalue weighted by molar-refractivity contribution is 0.0951. The zero-order valence-electron chi connectivity index (χ0n) is 22.7. The minimum absolute atomic E-state index is 0.137. The van der Waals surface area contributed by atoms with Crippen LogP contribution in [0.2, 0.25) is 0 Å². The molecule has 0 bridgehead atoms. The van der Waals surface area contributed by atoms with E-state index >= 15 is 0 Å². The number of hydrogen-bond donors (Lipinski definition) is 2. The van der Waals surface area contributed by atoms with Gasteiger partial charge in [-0.3, -0.25) is 9.59 Å². The molecular weight excluding hydrogens is 450 g/mol. The minimum Gasteiger partial charge on any atom is -0.494 e. The lowest BCUT2D eigenvalue weighted by atomic mass is 10.1. The largest absolute Gasteiger partial charge is 0.494 e. The maximum Gasteiger partial charge on any atom is 0.255 e. The zero-order chi connectivity index (χ0) is 26.2. The first kappa shape index (κ1) is 29.2. The number of rotatable bonds is 17. The highest BCUT2D eigenvalue weighted by Crippen LogP contribution is 2.27. The Kier molecular flexibility index (Phi) is 13.5. The molecule has 0 aliphatic rings. The average Bonchev–Trinajstić information content (AvgIpc) is 2.88. The summed E-state index contributed by atoms with van der Waals surface area (Å²) in [5.74, 6) is 0.410. The molecule has 2 N–H and O–H groups in total. The summed E-state index contributed by atoms with van der Waals surface area (Å²) >= 11 is 0. The Morgan fingerprint density at radius 1 is 0.750 bits per heavy atom. The Bertz CT molecular complexity index is 926. The molecule has 0 aromatic heterocycles. The van der Waals surface area contributed by atoms with Gasteiger partial charge in [-0.05, 0) is 55.3 Å². The van der Waals surface area contributed by atoms with E-state index in [1.165, 1.54) is 44.9 Å². The van der Waals surface area contributed by atoms with E-state index in [0.29, 0.717) is 30.0 Å². The van der Waals surface area contributed by atoms with Crippen LogP contribution in [-0.4, -0.2) is 39.1 Å². The van der Waals surface area contributed by atoms with Crippen molar-refractivity contribution in [1.82, 2.24) is 5.32 Å². The van der Waals surface area contributed by atoms with Crippen LogP contribution in [0.5, 0.6) is 5.75 Å². The Labute approximate surface area is 217 Å². The van der Waals surface area contributed by atoms with E-state index in [1.54, 1.807) is 24.3 Å². The molecule has 0 saturated carbocycles. The molecule has 0 heterocycles. The number of ether oxygens (including phenoxy) is 1. The summed E-state index contributed by atoms with van der Waals surface area (Å²) in [6.07, 6.45) is 12.1. The topological polar surface area (TPSA) is 70.7 Å². The molecule has 2 amide bonds. The predicted octanol–water partition coefficient (Wildman–Crippen LogP) is 7.05. The van der Waals surface area contributed by atoms with Gasteiger partial charge in [0.2, 0.25) is 0 Å². The summed E-state index contributed by atoms with van der Waals surface area (Å²) in [7, 11) is 3.81. The lowest BCUT2D eigenvalue weighted by Gasteiger charge is -2.19. The number of amides is 2. The molecule has 0 unspecified atom stereocenters. The minimum atomic E-state index is -0.226. The van der Waals surface area contributed by atoms with Crippen LogP contribution in [0.4, 0.5) is 11.4 Å². The highest BCUT2D eigenvalue weighted by atomic mass is 16.5. The van der Waals surface area contributed by atoms with Crippen LogP contribution < -0.4 is 20.3 Å². The van der Waals surface area contributed by atoms with Gasteiger partial charge >= 0.3 is 0 Å². The van der Waals surface area contributed by atoms with Gasteiger partial charge in [0, 0.05) is 31.8 Å². The molecule has 6 heteroatoms. The van der Waals surface area contributed by atoms with Gasteiger partial charge in [-0.15, -0.1) is 0 Å². The third-order valence-electron chi connectivity index (χ3n) is 6.19. The molecule has 6 nitrogen and oxygen atoms in total. The van der Waals surface area contributed by atoms with Crippen LogP contribution >= 0.6 is 0 Å². The van der Waals surface area contributed by atoms with E-state index in [9.17, 15) is 9.59 Å². The summed E-state index contributed by atoms with van der Waals surface area (Å²) in [6.45, 7) is 5.66. The molecule has 198 valence electrons. The van der Waals surface area contributed by atoms with Crippen LogP contribution in [-0.2, 0) is 0 Å². The van der Waals surface area contributed by atoms with Crippen molar-refractivity contribution in [2.75, 3.05) is 37.5 Å². The molecule has 0 fully saturated rings. The highest BCUT2D eigenvalue weighted by Gasteiger charge is 2.14. The second-order valence-electron chi connectivity index (χ2n) is 9.54. The first-order chi connectivity index (χ1) is 17.5. The zero-order valence-corrected chi connectivity index (χ0v) is 22.7. The van der Waals surface area contributed by atoms with Crippen molar-refractivity contribution < 1.29 is 14.3 Å². The van der Waals surface area contributed by atoms with Crippen LogP contribution in [0, 0.1) is 0 Å². The smallest absolute Gasteiger partial charge is 0.255 e. The Morgan fingerprint density at radius 3 is 2.00 bits per heavy atom. The number of benzene rings is 2. The molecule has 2 rings (SSSR count). The molecule has 2 aromatic carbocycles. The van der Waals surface area contributed by atoms with Gasteiger partial charge in [0.1, 0.15) is 5.75 Å². The maximum atomic E-state index is 12.9. The molecular formula is C30H45N3O3. The number of carbonyl (C=O) groups excluding carboxylic acids is 2. The van der Waals surface area contributed by atoms with Crippen molar-refractivity contribution in [3.8, 4) is 5.75 Å². The number of hydrogen-bond acceptors (Lipinski definition) is 4. The summed E-state index contributed by atoms with van der Waals surface area (Å²) in [4.78, 5) is 27.4. The van der Waals surface area contributed by atoms with Crippen molar-refractivity contribution in [1.29, 1.82) is 0 Å². The third-order valence-corrected chi connectivity index (χ3v) is 6.19. The van der Waals surface area contributed by atoms with Crippen molar-refractivity contribution in [2.24, 2.45) is 0 Å². The van der Waals surface area contributed by atoms with E-state index in [1.807, 2.05) is 37.2 Å². The number of nitrogens with zero attached hydrogens (tertiary/aromatic N) is 1. The van der Waals surface area contributed by atoms with Gasteiger partial charge < -0.3 is 20.3 Å². The summed E-state index contributed by atoms with van der Waals surface area (Å²) in [5, 5.41) is 5.90. The molecule has 0 radical (unpaired) electrons. The van der Waals surface area contributed by atoms with E-state index in [4.69, 9.17) is 4.74 Å². The summed E-state index contributed by atoms with van der Waals surface area (Å²) < 4.78 is 5.85. The SMILES string of the molecule is CCCCCCCCCCOc1ccc(C(=O)Nc2cc(C(=O)NCCCC)ccc2N(C)C)cc1. The Balaban J connectivity index is 1.88. The standard InChI is InChI=1S/C30H45N3O3/c1-5-7-9-10-11-12-13-14-22-36-26-18-15-24(16-19-26)30(35)32-27-23-25(17-20-28(27)33(3)4)29(34)31-21-8-6-2/h15-20,23H,5-14,21-22H2,1-4H3,(H,31,34)(H,32,35). The van der Waals surface area contributed by atoms with E-state index in [-0.39, 0.29) is 11.8 Å². The quantitative estimate of drug-likeness (QED) is 0.231. The molecule has 0 aliphatic heterocycles. The van der Waals surface area contributed by atoms with Gasteiger partial charge in [-0.1, -0.05) is 65.2 Å². The first-order valence-electron chi connectivity index (χ1n) is 13.6. The normalized spacial score (nSPS) is 10.7. The van der Waals surface area contributed by atoms with Gasteiger partial charge in [0.15, 0.2) is 0 Å². The van der Waals surface area contributed by atoms with Gasteiger partial charge in [-0.25, -0.2) is 0 Å². The predicted molar refractivity (Wildman–Crippen MR) is 151 cm³/mol. The van der Waals surface area contributed by atoms with Crippen molar-refractivity contribution in [2.45, 2.75) is 78.1 Å². The molecule has 2 aromatic rings. The summed E-state index contributed by atoms with van der Waals surface area (Å²) in [5.41, 5.74) is 2.50. The van der Waals surface area contributed by atoms with Crippen LogP contribution in [0.3, 0.4) is 0 Å². The van der Waals surface area contributed by atoms with Crippen molar-refractivity contribution >= 4 is 23.2 Å². The van der Waals surface area contributed by atoms with Gasteiger partial charge in [0.05, 0.1) is 18.0 Å². The number of nitrogens with one attached hydrogen (secondary N) is 2. The second-order valence-corrected chi connectivity index (χ2v) is 9.54. The lowest BCUT2D eigenvalue weighted by Crippen LogP contribution is -2.25. The first-order valence-corrected chi connectivity index (χ1v) is 13.6. The van der Waals surface area contributed by atoms with Gasteiger partial charge in [-0.2, -0.15) is 0 Å². The average molecular weight is 496 g/mol. The second kappa shape index (κ2) is 16.6. The molecule has 0 aliphatic carbocycles. The summed E-state index contributed by atoms with van der Waals surface area (Å²) in [6, 6.07) is 12.6. The fourth-order valence-electron chi connectivity index (χ4n) is 3.97. The monoisotopic (exact) mass is 495 g/mol. The van der Waals surface area contributed by atoms with E-state index < -0.39 is 0 Å². The van der Waals surface area contributed by atoms with Crippen LogP contribution in [0.25, 0.3) is 0 Å². The molecule has 36 heavy (non-hydrogen) atoms.